The van der Waals surface area contributed by atoms with Gasteiger partial charge in [-0.25, -0.2) is 5.43 Å². The summed E-state index contributed by atoms with van der Waals surface area (Å²) in [5, 5.41) is 14.6. The number of hydrazone groups is 1. The molecule has 0 aliphatic rings. The lowest BCUT2D eigenvalue weighted by Crippen LogP contribution is -2.17. The van der Waals surface area contributed by atoms with Crippen molar-refractivity contribution in [3.63, 3.8) is 0 Å². The largest absolute Gasteiger partial charge is 0.433 e. The maximum Gasteiger partial charge on any atom is 0.433 e. The lowest BCUT2D eigenvalue weighted by atomic mass is 10.2. The van der Waals surface area contributed by atoms with Gasteiger partial charge in [0.2, 0.25) is 0 Å². The molecule has 0 radical (unpaired) electrons. The summed E-state index contributed by atoms with van der Waals surface area (Å²) in [4.78, 5) is 21.4. The fraction of sp³-hybridized carbons (Fsp3) is 0. The lowest BCUT2D eigenvalue weighted by molar-refractivity contribution is -0.402. The first-order chi connectivity index (χ1) is 9.56. The number of carbonyl (C=O) groups is 1. The third-order valence-corrected chi connectivity index (χ3v) is 2.51. The Balaban J connectivity index is 1.97. The number of furan rings is 1. The maximum atomic E-state index is 11.7. The first kappa shape index (κ1) is 13.8. The number of nitro groups is 1. The Labute approximate surface area is 118 Å². The van der Waals surface area contributed by atoms with Gasteiger partial charge in [-0.15, -0.1) is 0 Å². The predicted molar refractivity (Wildman–Crippen MR) is 71.9 cm³/mol. The van der Waals surface area contributed by atoms with Crippen molar-refractivity contribution in [1.82, 2.24) is 5.43 Å². The van der Waals surface area contributed by atoms with Gasteiger partial charge in [-0.1, -0.05) is 11.6 Å². The SMILES string of the molecule is O=C(N/N=C/c1ccc([N+](=O)[O-])o1)c1ccc(Cl)cc1. The summed E-state index contributed by atoms with van der Waals surface area (Å²) >= 11 is 5.70. The number of rotatable bonds is 4. The number of amides is 1. The molecule has 7 nitrogen and oxygen atoms in total. The summed E-state index contributed by atoms with van der Waals surface area (Å²) in [5.41, 5.74) is 2.65. The van der Waals surface area contributed by atoms with Crippen molar-refractivity contribution >= 4 is 29.6 Å². The van der Waals surface area contributed by atoms with Crippen LogP contribution in [0, 0.1) is 10.1 Å². The third kappa shape index (κ3) is 3.42. The molecule has 8 heteroatoms. The molecule has 2 aromatic rings. The highest BCUT2D eigenvalue weighted by molar-refractivity contribution is 6.30. The second kappa shape index (κ2) is 5.98. The van der Waals surface area contributed by atoms with Gasteiger partial charge in [0.05, 0.1) is 12.3 Å². The number of halogens is 1. The summed E-state index contributed by atoms with van der Waals surface area (Å²) in [7, 11) is 0. The Morgan fingerprint density at radius 3 is 2.60 bits per heavy atom. The zero-order valence-corrected chi connectivity index (χ0v) is 10.7. The third-order valence-electron chi connectivity index (χ3n) is 2.26. The highest BCUT2D eigenvalue weighted by Crippen LogP contribution is 2.13. The normalized spacial score (nSPS) is 10.7. The van der Waals surface area contributed by atoms with E-state index in [0.29, 0.717) is 10.6 Å². The molecule has 2 rings (SSSR count). The van der Waals surface area contributed by atoms with Gasteiger partial charge in [-0.2, -0.15) is 5.10 Å². The highest BCUT2D eigenvalue weighted by Gasteiger charge is 2.10. The van der Waals surface area contributed by atoms with Crippen LogP contribution in [-0.2, 0) is 0 Å². The van der Waals surface area contributed by atoms with Crippen molar-refractivity contribution in [2.24, 2.45) is 5.10 Å². The second-order valence-corrected chi connectivity index (χ2v) is 4.08. The van der Waals surface area contributed by atoms with Crippen LogP contribution in [0.2, 0.25) is 5.02 Å². The average Bonchev–Trinajstić information content (AvgIpc) is 2.88. The molecule has 1 aromatic carbocycles. The first-order valence-electron chi connectivity index (χ1n) is 5.39. The summed E-state index contributed by atoms with van der Waals surface area (Å²) in [6, 6.07) is 8.82. The molecular weight excluding hydrogens is 286 g/mol. The van der Waals surface area contributed by atoms with Crippen LogP contribution in [0.5, 0.6) is 0 Å². The zero-order chi connectivity index (χ0) is 14.5. The van der Waals surface area contributed by atoms with Gasteiger partial charge in [0, 0.05) is 10.6 Å². The Hall–Kier alpha value is -2.67. The molecule has 1 N–H and O–H groups in total. The standard InChI is InChI=1S/C12H8ClN3O4/c13-9-3-1-8(2-4-9)12(17)15-14-7-10-5-6-11(20-10)16(18)19/h1-7H,(H,15,17)/b14-7+. The van der Waals surface area contributed by atoms with Crippen LogP contribution in [-0.4, -0.2) is 17.0 Å². The molecule has 0 saturated carbocycles. The molecule has 0 unspecified atom stereocenters. The smallest absolute Gasteiger partial charge is 0.400 e. The number of hydrogen-bond donors (Lipinski definition) is 1. The number of nitrogens with zero attached hydrogens (tertiary/aromatic N) is 2. The van der Waals surface area contributed by atoms with E-state index in [4.69, 9.17) is 16.0 Å². The minimum absolute atomic E-state index is 0.160. The van der Waals surface area contributed by atoms with Gasteiger partial charge in [0.1, 0.15) is 4.92 Å². The summed E-state index contributed by atoms with van der Waals surface area (Å²) < 4.78 is 4.83. The maximum absolute atomic E-state index is 11.7. The van der Waals surface area contributed by atoms with Crippen LogP contribution in [0.4, 0.5) is 5.88 Å². The molecule has 0 aliphatic heterocycles. The van der Waals surface area contributed by atoms with Crippen molar-refractivity contribution < 1.29 is 14.1 Å². The number of carbonyl (C=O) groups excluding carboxylic acids is 1. The van der Waals surface area contributed by atoms with Crippen LogP contribution in [0.15, 0.2) is 45.9 Å². The van der Waals surface area contributed by atoms with Crippen molar-refractivity contribution in [2.45, 2.75) is 0 Å². The molecule has 0 fully saturated rings. The van der Waals surface area contributed by atoms with Crippen LogP contribution < -0.4 is 5.43 Å². The minimum Gasteiger partial charge on any atom is -0.400 e. The van der Waals surface area contributed by atoms with Crippen LogP contribution in [0.25, 0.3) is 0 Å². The van der Waals surface area contributed by atoms with Crippen LogP contribution >= 0.6 is 11.6 Å². The average molecular weight is 294 g/mol. The first-order valence-corrected chi connectivity index (χ1v) is 5.77. The van der Waals surface area contributed by atoms with Gasteiger partial charge >= 0.3 is 5.88 Å². The highest BCUT2D eigenvalue weighted by atomic mass is 35.5. The number of benzene rings is 1. The van der Waals surface area contributed by atoms with Crippen LogP contribution in [0.1, 0.15) is 16.1 Å². The topological polar surface area (TPSA) is 97.7 Å². The Morgan fingerprint density at radius 1 is 1.30 bits per heavy atom. The van der Waals surface area contributed by atoms with Crippen molar-refractivity contribution in [2.75, 3.05) is 0 Å². The van der Waals surface area contributed by atoms with E-state index in [1.165, 1.54) is 18.3 Å². The second-order valence-electron chi connectivity index (χ2n) is 3.64. The summed E-state index contributed by atoms with van der Waals surface area (Å²) in [6.07, 6.45) is 1.17. The fourth-order valence-corrected chi connectivity index (χ4v) is 1.46. The molecule has 0 bridgehead atoms. The fourth-order valence-electron chi connectivity index (χ4n) is 1.33. The Morgan fingerprint density at radius 2 is 2.00 bits per heavy atom. The van der Waals surface area contributed by atoms with E-state index in [0.717, 1.165) is 0 Å². The van der Waals surface area contributed by atoms with Gasteiger partial charge in [0.15, 0.2) is 5.76 Å². The lowest BCUT2D eigenvalue weighted by Gasteiger charge is -1.98. The van der Waals surface area contributed by atoms with Crippen LogP contribution in [0.3, 0.4) is 0 Å². The molecule has 102 valence electrons. The molecule has 0 aliphatic carbocycles. The van der Waals surface area contributed by atoms with Gasteiger partial charge < -0.3 is 4.42 Å². The van der Waals surface area contributed by atoms with E-state index in [2.05, 4.69) is 10.5 Å². The monoisotopic (exact) mass is 293 g/mol. The van der Waals surface area contributed by atoms with Gasteiger partial charge in [0.25, 0.3) is 5.91 Å². The van der Waals surface area contributed by atoms with E-state index < -0.39 is 16.7 Å². The Kier molecular flexibility index (Phi) is 4.11. The van der Waals surface area contributed by atoms with E-state index in [1.54, 1.807) is 24.3 Å². The summed E-state index contributed by atoms with van der Waals surface area (Å²) in [5.74, 6) is -0.664. The zero-order valence-electron chi connectivity index (χ0n) is 9.95. The molecule has 0 saturated heterocycles. The molecule has 1 amide bonds. The molecule has 0 atom stereocenters. The molecular formula is C12H8ClN3O4. The number of nitrogens with one attached hydrogen (secondary N) is 1. The van der Waals surface area contributed by atoms with Crippen molar-refractivity contribution in [1.29, 1.82) is 0 Å². The molecule has 1 aromatic heterocycles. The van der Waals surface area contributed by atoms with Gasteiger partial charge in [-0.05, 0) is 30.3 Å². The predicted octanol–water partition coefficient (Wildman–Crippen LogP) is 2.61. The Bertz CT molecular complexity index is 664. The quantitative estimate of drug-likeness (QED) is 0.532. The van der Waals surface area contributed by atoms with Crippen molar-refractivity contribution in [3.8, 4) is 0 Å². The van der Waals surface area contributed by atoms with Crippen molar-refractivity contribution in [3.05, 3.63) is 62.9 Å². The number of hydrogen-bond acceptors (Lipinski definition) is 5. The molecule has 0 spiro atoms. The molecule has 1 heterocycles. The van der Waals surface area contributed by atoms with E-state index in [9.17, 15) is 14.9 Å². The van der Waals surface area contributed by atoms with E-state index >= 15 is 0 Å². The van der Waals surface area contributed by atoms with E-state index in [1.807, 2.05) is 0 Å². The minimum atomic E-state index is -0.663. The summed E-state index contributed by atoms with van der Waals surface area (Å²) in [6.45, 7) is 0. The van der Waals surface area contributed by atoms with Gasteiger partial charge in [-0.3, -0.25) is 14.9 Å². The molecule has 20 heavy (non-hydrogen) atoms. The van der Waals surface area contributed by atoms with E-state index in [-0.39, 0.29) is 5.76 Å².